The molecular formula is C23H30ClF3N8O3. The molecule has 1 aromatic heterocycles. The zero-order valence-electron chi connectivity index (χ0n) is 21.7. The van der Waals surface area contributed by atoms with E-state index in [1.807, 2.05) is 32.9 Å². The number of amides is 1. The van der Waals surface area contributed by atoms with Crippen molar-refractivity contribution >= 4 is 35.3 Å². The largest absolute Gasteiger partial charge is 0.435 e. The van der Waals surface area contributed by atoms with Gasteiger partial charge in [-0.05, 0) is 70.0 Å². The lowest BCUT2D eigenvalue weighted by Gasteiger charge is -2.15. The Hall–Kier alpha value is -4.16. The number of nitrogens with zero attached hydrogens (tertiary/aromatic N) is 5. The third-order valence-electron chi connectivity index (χ3n) is 4.39. The van der Waals surface area contributed by atoms with E-state index < -0.39 is 18.1 Å². The van der Waals surface area contributed by atoms with Gasteiger partial charge >= 0.3 is 6.18 Å². The molecule has 0 saturated carbocycles. The molecule has 1 aromatic carbocycles. The monoisotopic (exact) mass is 558 g/mol. The molecule has 38 heavy (non-hydrogen) atoms. The quantitative estimate of drug-likeness (QED) is 0.0709. The second-order valence-corrected chi connectivity index (χ2v) is 7.59. The summed E-state index contributed by atoms with van der Waals surface area (Å²) >= 11 is 5.94. The number of azide groups is 1. The van der Waals surface area contributed by atoms with Crippen LogP contribution in [0.25, 0.3) is 16.3 Å². The second kappa shape index (κ2) is 16.6. The fraction of sp³-hybridized carbons (Fsp3) is 0.348. The number of allylic oxidation sites excluding steroid dienone is 3. The predicted molar refractivity (Wildman–Crippen MR) is 140 cm³/mol. The summed E-state index contributed by atoms with van der Waals surface area (Å²) in [6.07, 6.45) is 0.280. The van der Waals surface area contributed by atoms with Crippen LogP contribution in [0, 0.1) is 6.92 Å². The number of anilines is 1. The number of rotatable bonds is 7. The number of carbonyl (C=O) groups is 2. The summed E-state index contributed by atoms with van der Waals surface area (Å²) in [4.78, 5) is 29.6. The van der Waals surface area contributed by atoms with Gasteiger partial charge in [-0.15, -0.1) is 0 Å². The number of carbonyl (C=O) groups excluding carboxylic acids is 2. The molecule has 4 N–H and O–H groups in total. The number of halogens is 4. The van der Waals surface area contributed by atoms with Crippen molar-refractivity contribution in [1.29, 1.82) is 0 Å². The van der Waals surface area contributed by atoms with Gasteiger partial charge in [0.2, 0.25) is 0 Å². The first-order chi connectivity index (χ1) is 17.8. The summed E-state index contributed by atoms with van der Waals surface area (Å²) in [5, 5.41) is 12.1. The van der Waals surface area contributed by atoms with Gasteiger partial charge in [0.25, 0.3) is 5.91 Å². The number of aromatic nitrogens is 2. The molecule has 15 heteroatoms. The minimum atomic E-state index is -4.59. The number of aryl methyl sites for hydroxylation is 1. The minimum absolute atomic E-state index is 0.0346. The highest BCUT2D eigenvalue weighted by Crippen LogP contribution is 2.28. The Kier molecular flexibility index (Phi) is 14.7. The average Bonchev–Trinajstić information content (AvgIpc) is 3.32. The van der Waals surface area contributed by atoms with E-state index in [0.29, 0.717) is 22.3 Å². The van der Waals surface area contributed by atoms with Crippen LogP contribution in [0.2, 0.25) is 5.02 Å². The maximum absolute atomic E-state index is 12.2. The van der Waals surface area contributed by atoms with Crippen molar-refractivity contribution in [1.82, 2.24) is 15.1 Å². The topological polar surface area (TPSA) is 160 Å². The van der Waals surface area contributed by atoms with E-state index in [0.717, 1.165) is 10.2 Å². The molecule has 11 nitrogen and oxygen atoms in total. The van der Waals surface area contributed by atoms with E-state index in [1.54, 1.807) is 26.1 Å². The Morgan fingerprint density at radius 2 is 1.89 bits per heavy atom. The van der Waals surface area contributed by atoms with E-state index >= 15 is 0 Å². The first-order valence-corrected chi connectivity index (χ1v) is 11.3. The molecule has 2 rings (SSSR count). The molecule has 0 spiro atoms. The first-order valence-electron chi connectivity index (χ1n) is 10.9. The van der Waals surface area contributed by atoms with Crippen LogP contribution in [0.4, 0.5) is 18.9 Å². The van der Waals surface area contributed by atoms with Crippen molar-refractivity contribution in [3.8, 4) is 0 Å². The summed E-state index contributed by atoms with van der Waals surface area (Å²) in [6, 6.07) is 3.95. The average molecular weight is 559 g/mol. The van der Waals surface area contributed by atoms with E-state index in [1.165, 1.54) is 13.0 Å². The Morgan fingerprint density at radius 1 is 1.29 bits per heavy atom. The molecule has 0 fully saturated rings. The van der Waals surface area contributed by atoms with Crippen LogP contribution in [0.15, 0.2) is 41.7 Å². The smallest absolute Gasteiger partial charge is 0.409 e. The Bertz CT molecular complexity index is 1190. The van der Waals surface area contributed by atoms with Crippen LogP contribution in [-0.2, 0) is 11.0 Å². The minimum Gasteiger partial charge on any atom is -0.409 e. The van der Waals surface area contributed by atoms with Crippen LogP contribution in [0.1, 0.15) is 59.8 Å². The van der Waals surface area contributed by atoms with E-state index in [-0.39, 0.29) is 23.7 Å². The van der Waals surface area contributed by atoms with Crippen molar-refractivity contribution < 1.29 is 27.6 Å². The highest BCUT2D eigenvalue weighted by Gasteiger charge is 2.35. The van der Waals surface area contributed by atoms with Gasteiger partial charge in [0.05, 0.1) is 5.56 Å². The summed E-state index contributed by atoms with van der Waals surface area (Å²) in [5.41, 5.74) is 14.0. The number of nitrogens with two attached hydrogens (primary N) is 1. The summed E-state index contributed by atoms with van der Waals surface area (Å²) < 4.78 is 37.4. The molecule has 1 heterocycles. The number of alkyl halides is 3. The fourth-order valence-electron chi connectivity index (χ4n) is 2.58. The number of nitrogens with one attached hydrogen (secondary N) is 2. The van der Waals surface area contributed by atoms with E-state index in [4.69, 9.17) is 22.9 Å². The summed E-state index contributed by atoms with van der Waals surface area (Å²) in [5.74, 6) is -0.414. The Labute approximate surface area is 223 Å². The molecule has 1 atom stereocenters. The van der Waals surface area contributed by atoms with E-state index in [9.17, 15) is 22.8 Å². The van der Waals surface area contributed by atoms with Crippen molar-refractivity contribution in [2.24, 2.45) is 11.0 Å². The van der Waals surface area contributed by atoms with Gasteiger partial charge < -0.3 is 21.2 Å². The molecule has 0 aliphatic carbocycles. The number of aldehydes is 1. The predicted octanol–water partition coefficient (Wildman–Crippen LogP) is 6.08. The summed E-state index contributed by atoms with van der Waals surface area (Å²) in [7, 11) is 1.72. The van der Waals surface area contributed by atoms with Gasteiger partial charge in [0.15, 0.2) is 18.2 Å². The van der Waals surface area contributed by atoms with Crippen LogP contribution in [0.3, 0.4) is 0 Å². The second-order valence-electron chi connectivity index (χ2n) is 7.15. The molecule has 2 aromatic rings. The van der Waals surface area contributed by atoms with Crippen LogP contribution in [0.5, 0.6) is 0 Å². The van der Waals surface area contributed by atoms with E-state index in [2.05, 4.69) is 30.8 Å². The first kappa shape index (κ1) is 33.8. The maximum atomic E-state index is 12.2. The standard InChI is InChI=1S/C11H14ClN5O2.C8H8F3N3O.C4H8/c1-6-4-8(12)5-9(10(6)14-3)11(18)15-7(2)19-17-16-13;1-2-7(12)14-5(4-15)3-6(13-14)8(9,10)11;1-3-4-2/h4-5,7,14H,1-3H3,(H,15,18);2-4H,12H2,1H3;3-4H,1-2H3/b;7-2-;4-3-. The third-order valence-corrected chi connectivity index (χ3v) is 4.61. The lowest BCUT2D eigenvalue weighted by Crippen LogP contribution is -2.33. The molecule has 1 amide bonds. The number of benzene rings is 1. The van der Waals surface area contributed by atoms with Gasteiger partial charge in [0.1, 0.15) is 16.8 Å². The normalized spacial score (nSPS) is 11.7. The zero-order valence-corrected chi connectivity index (χ0v) is 22.4. The Balaban J connectivity index is 0.000000644. The third kappa shape index (κ3) is 10.8. The van der Waals surface area contributed by atoms with Crippen molar-refractivity contribution in [2.75, 3.05) is 12.4 Å². The van der Waals surface area contributed by atoms with Gasteiger partial charge in [-0.25, -0.2) is 4.68 Å². The maximum Gasteiger partial charge on any atom is 0.435 e. The molecule has 208 valence electrons. The fourth-order valence-corrected chi connectivity index (χ4v) is 2.85. The van der Waals surface area contributed by atoms with Crippen LogP contribution < -0.4 is 16.4 Å². The van der Waals surface area contributed by atoms with Gasteiger partial charge in [-0.1, -0.05) is 23.8 Å². The van der Waals surface area contributed by atoms with Crippen molar-refractivity contribution in [3.63, 3.8) is 0 Å². The highest BCUT2D eigenvalue weighted by molar-refractivity contribution is 6.31. The lowest BCUT2D eigenvalue weighted by atomic mass is 10.1. The van der Waals surface area contributed by atoms with Crippen LogP contribution >= 0.6 is 11.6 Å². The molecule has 0 aliphatic heterocycles. The van der Waals surface area contributed by atoms with Crippen molar-refractivity contribution in [3.05, 3.63) is 74.4 Å². The molecular weight excluding hydrogens is 529 g/mol. The van der Waals surface area contributed by atoms with Crippen LogP contribution in [-0.4, -0.2) is 35.2 Å². The zero-order chi connectivity index (χ0) is 29.5. The number of hydrogen-bond donors (Lipinski definition) is 3. The lowest BCUT2D eigenvalue weighted by molar-refractivity contribution is -0.141. The Morgan fingerprint density at radius 3 is 2.34 bits per heavy atom. The van der Waals surface area contributed by atoms with Gasteiger partial charge in [-0.3, -0.25) is 9.59 Å². The molecule has 0 bridgehead atoms. The molecule has 0 saturated heterocycles. The molecule has 0 radical (unpaired) electrons. The SMILES string of the molecule is C/C=C(/N)n1nc(C(F)(F)F)cc1C=O.C/C=C\C.CNc1c(C)cc(Cl)cc1C(=O)NC(C)ON=[N+]=[N-]. The highest BCUT2D eigenvalue weighted by atomic mass is 35.5. The van der Waals surface area contributed by atoms with Gasteiger partial charge in [-0.2, -0.15) is 18.3 Å². The van der Waals surface area contributed by atoms with Crippen molar-refractivity contribution in [2.45, 2.75) is 47.0 Å². The molecule has 0 aliphatic rings. The molecule has 1 unspecified atom stereocenters. The number of hydrogen-bond acceptors (Lipinski definition) is 7. The van der Waals surface area contributed by atoms with Gasteiger partial charge in [0, 0.05) is 22.7 Å². The summed E-state index contributed by atoms with van der Waals surface area (Å²) in [6.45, 7) is 8.91.